The second-order valence-corrected chi connectivity index (χ2v) is 5.22. The second-order valence-electron chi connectivity index (χ2n) is 5.22. The fourth-order valence-corrected chi connectivity index (χ4v) is 2.23. The first-order valence-corrected chi connectivity index (χ1v) is 7.63. The Morgan fingerprint density at radius 1 is 1.46 bits per heavy atom. The molecule has 1 atom stereocenters. The van der Waals surface area contributed by atoms with Gasteiger partial charge in [-0.05, 0) is 19.1 Å². The number of fused-ring (bicyclic) bond motifs is 1. The summed E-state index contributed by atoms with van der Waals surface area (Å²) >= 11 is 0. The van der Waals surface area contributed by atoms with Crippen LogP contribution in [-0.4, -0.2) is 43.6 Å². The van der Waals surface area contributed by atoms with Gasteiger partial charge < -0.3 is 19.7 Å². The predicted molar refractivity (Wildman–Crippen MR) is 87.7 cm³/mol. The molecule has 0 saturated carbocycles. The lowest BCUT2D eigenvalue weighted by molar-refractivity contribution is -0.154. The van der Waals surface area contributed by atoms with Crippen molar-refractivity contribution in [3.63, 3.8) is 0 Å². The molecular weight excluding hydrogens is 312 g/mol. The highest BCUT2D eigenvalue weighted by atomic mass is 16.5. The minimum Gasteiger partial charge on any atom is -0.482 e. The van der Waals surface area contributed by atoms with Crippen molar-refractivity contribution in [1.29, 1.82) is 0 Å². The highest BCUT2D eigenvalue weighted by Crippen LogP contribution is 2.31. The van der Waals surface area contributed by atoms with Crippen molar-refractivity contribution < 1.29 is 23.9 Å². The number of amides is 2. The Hall–Kier alpha value is -2.83. The number of rotatable bonds is 7. The van der Waals surface area contributed by atoms with E-state index in [9.17, 15) is 14.4 Å². The second kappa shape index (κ2) is 8.14. The minimum atomic E-state index is -0.898. The topological polar surface area (TPSA) is 84.9 Å². The number of ether oxygens (including phenoxy) is 2. The normalized spacial score (nSPS) is 14.2. The van der Waals surface area contributed by atoms with E-state index in [4.69, 9.17) is 9.47 Å². The number of benzene rings is 1. The summed E-state index contributed by atoms with van der Waals surface area (Å²) in [6, 6.07) is 7.12. The first-order chi connectivity index (χ1) is 11.5. The number of anilines is 1. The van der Waals surface area contributed by atoms with E-state index in [0.717, 1.165) is 0 Å². The summed E-state index contributed by atoms with van der Waals surface area (Å²) in [5.74, 6) is -0.565. The predicted octanol–water partition coefficient (Wildman–Crippen LogP) is 1.04. The number of esters is 1. The van der Waals surface area contributed by atoms with Crippen LogP contribution in [0.3, 0.4) is 0 Å². The quantitative estimate of drug-likeness (QED) is 0.596. The number of carbonyl (C=O) groups is 3. The largest absolute Gasteiger partial charge is 0.482 e. The smallest absolute Gasteiger partial charge is 0.308 e. The summed E-state index contributed by atoms with van der Waals surface area (Å²) in [6.07, 6.45) is 0.623. The maximum atomic E-state index is 12.0. The molecular formula is C17H20N2O5. The van der Waals surface area contributed by atoms with E-state index < -0.39 is 18.0 Å². The molecule has 0 aromatic heterocycles. The molecule has 1 N–H and O–H groups in total. The van der Waals surface area contributed by atoms with Crippen molar-refractivity contribution in [2.45, 2.75) is 19.4 Å². The molecule has 0 unspecified atom stereocenters. The lowest BCUT2D eigenvalue weighted by Gasteiger charge is -2.29. The molecule has 0 bridgehead atoms. The van der Waals surface area contributed by atoms with Gasteiger partial charge in [0, 0.05) is 13.1 Å². The molecule has 2 amide bonds. The molecule has 0 aliphatic carbocycles. The van der Waals surface area contributed by atoms with Crippen LogP contribution in [0.25, 0.3) is 0 Å². The van der Waals surface area contributed by atoms with Crippen LogP contribution in [0.15, 0.2) is 36.9 Å². The van der Waals surface area contributed by atoms with Crippen molar-refractivity contribution in [2.24, 2.45) is 0 Å². The molecule has 0 fully saturated rings. The molecule has 7 heteroatoms. The van der Waals surface area contributed by atoms with Gasteiger partial charge in [0.25, 0.3) is 11.8 Å². The number of hydrogen-bond acceptors (Lipinski definition) is 5. The van der Waals surface area contributed by atoms with Gasteiger partial charge in [-0.3, -0.25) is 14.4 Å². The first-order valence-electron chi connectivity index (χ1n) is 7.63. The molecule has 7 nitrogen and oxygen atoms in total. The van der Waals surface area contributed by atoms with E-state index in [1.165, 1.54) is 17.9 Å². The zero-order valence-electron chi connectivity index (χ0n) is 13.5. The van der Waals surface area contributed by atoms with Gasteiger partial charge in [-0.1, -0.05) is 18.2 Å². The van der Waals surface area contributed by atoms with Crippen LogP contribution in [-0.2, 0) is 19.1 Å². The van der Waals surface area contributed by atoms with Crippen molar-refractivity contribution in [3.8, 4) is 5.75 Å². The molecule has 2 rings (SSSR count). The van der Waals surface area contributed by atoms with Crippen molar-refractivity contribution >= 4 is 23.5 Å². The molecule has 24 heavy (non-hydrogen) atoms. The molecule has 0 spiro atoms. The fourth-order valence-electron chi connectivity index (χ4n) is 2.23. The van der Waals surface area contributed by atoms with Crippen LogP contribution in [0.4, 0.5) is 5.69 Å². The van der Waals surface area contributed by atoms with E-state index >= 15 is 0 Å². The monoisotopic (exact) mass is 332 g/mol. The number of carbonyl (C=O) groups excluding carboxylic acids is 3. The average Bonchev–Trinajstić information content (AvgIpc) is 2.58. The third-order valence-corrected chi connectivity index (χ3v) is 3.45. The fraction of sp³-hybridized carbons (Fsp3) is 0.353. The Bertz CT molecular complexity index is 644. The SMILES string of the molecule is C=CCNC(=O)[C@@H](C)OC(=O)CCN1C(=O)COc2ccccc21. The maximum absolute atomic E-state index is 12.0. The summed E-state index contributed by atoms with van der Waals surface area (Å²) in [7, 11) is 0. The highest BCUT2D eigenvalue weighted by Gasteiger charge is 2.26. The summed E-state index contributed by atoms with van der Waals surface area (Å²) in [6.45, 7) is 5.39. The van der Waals surface area contributed by atoms with Gasteiger partial charge in [0.2, 0.25) is 0 Å². The van der Waals surface area contributed by atoms with E-state index in [1.807, 2.05) is 6.07 Å². The van der Waals surface area contributed by atoms with E-state index in [-0.39, 0.29) is 25.5 Å². The average molecular weight is 332 g/mol. The van der Waals surface area contributed by atoms with Gasteiger partial charge in [0.15, 0.2) is 12.7 Å². The van der Waals surface area contributed by atoms with Gasteiger partial charge in [-0.15, -0.1) is 6.58 Å². The van der Waals surface area contributed by atoms with Gasteiger partial charge >= 0.3 is 5.97 Å². The number of para-hydroxylation sites is 2. The van der Waals surface area contributed by atoms with Crippen LogP contribution in [0.1, 0.15) is 13.3 Å². The Kier molecular flexibility index (Phi) is 5.95. The zero-order valence-corrected chi connectivity index (χ0v) is 13.5. The number of nitrogens with one attached hydrogen (secondary N) is 1. The molecule has 1 aliphatic rings. The van der Waals surface area contributed by atoms with Crippen LogP contribution >= 0.6 is 0 Å². The van der Waals surface area contributed by atoms with Crippen LogP contribution in [0, 0.1) is 0 Å². The Morgan fingerprint density at radius 3 is 2.96 bits per heavy atom. The van der Waals surface area contributed by atoms with E-state index in [2.05, 4.69) is 11.9 Å². The third-order valence-electron chi connectivity index (χ3n) is 3.45. The van der Waals surface area contributed by atoms with Crippen LogP contribution < -0.4 is 15.0 Å². The molecule has 128 valence electrons. The molecule has 1 heterocycles. The summed E-state index contributed by atoms with van der Waals surface area (Å²) < 4.78 is 10.4. The minimum absolute atomic E-state index is 0.0147. The lowest BCUT2D eigenvalue weighted by atomic mass is 10.2. The molecule has 1 aromatic carbocycles. The third kappa shape index (κ3) is 4.34. The first kappa shape index (κ1) is 17.5. The van der Waals surface area contributed by atoms with Gasteiger partial charge in [0.1, 0.15) is 5.75 Å². The Morgan fingerprint density at radius 2 is 2.21 bits per heavy atom. The molecule has 0 saturated heterocycles. The lowest BCUT2D eigenvalue weighted by Crippen LogP contribution is -2.41. The maximum Gasteiger partial charge on any atom is 0.308 e. The van der Waals surface area contributed by atoms with E-state index in [0.29, 0.717) is 18.0 Å². The summed E-state index contributed by atoms with van der Waals surface area (Å²) in [5, 5.41) is 2.55. The van der Waals surface area contributed by atoms with Crippen molar-refractivity contribution in [3.05, 3.63) is 36.9 Å². The molecule has 1 aromatic rings. The number of nitrogens with zero attached hydrogens (tertiary/aromatic N) is 1. The van der Waals surface area contributed by atoms with Crippen LogP contribution in [0.5, 0.6) is 5.75 Å². The Balaban J connectivity index is 1.89. The Labute approximate surface area is 140 Å². The highest BCUT2D eigenvalue weighted by molar-refractivity contribution is 5.98. The standard InChI is InChI=1S/C17H20N2O5/c1-3-9-18-17(22)12(2)24-16(21)8-10-19-13-6-4-5-7-14(13)23-11-15(19)20/h3-7,12H,1,8-11H2,2H3,(H,18,22)/t12-/m1/s1. The number of hydrogen-bond donors (Lipinski definition) is 1. The van der Waals surface area contributed by atoms with E-state index in [1.54, 1.807) is 18.2 Å². The van der Waals surface area contributed by atoms with Crippen molar-refractivity contribution in [2.75, 3.05) is 24.6 Å². The summed E-state index contributed by atoms with van der Waals surface area (Å²) in [5.41, 5.74) is 0.623. The van der Waals surface area contributed by atoms with Crippen LogP contribution in [0.2, 0.25) is 0 Å². The van der Waals surface area contributed by atoms with Gasteiger partial charge in [-0.25, -0.2) is 0 Å². The molecule has 1 aliphatic heterocycles. The van der Waals surface area contributed by atoms with Gasteiger partial charge in [-0.2, -0.15) is 0 Å². The van der Waals surface area contributed by atoms with Gasteiger partial charge in [0.05, 0.1) is 12.1 Å². The summed E-state index contributed by atoms with van der Waals surface area (Å²) in [4.78, 5) is 37.0. The van der Waals surface area contributed by atoms with Crippen molar-refractivity contribution in [1.82, 2.24) is 5.32 Å². The molecule has 0 radical (unpaired) electrons. The zero-order chi connectivity index (χ0) is 17.5.